The van der Waals surface area contributed by atoms with Crippen molar-refractivity contribution in [3.05, 3.63) is 65.7 Å². The number of likely N-dealkylation sites (N-methyl/N-ethyl adjacent to an activating group) is 1. The molecule has 2 aromatic carbocycles. The van der Waals surface area contributed by atoms with Crippen LogP contribution in [0.1, 0.15) is 17.5 Å². The van der Waals surface area contributed by atoms with Crippen LogP contribution in [0.15, 0.2) is 54.6 Å². The normalized spacial score (nSPS) is 23.7. The molecule has 132 valence electrons. The van der Waals surface area contributed by atoms with Crippen LogP contribution in [-0.4, -0.2) is 49.1 Å². The van der Waals surface area contributed by atoms with Crippen LogP contribution in [0, 0.1) is 5.92 Å². The number of likely N-dealkylation sites (tertiary alicyclic amines) is 2. The van der Waals surface area contributed by atoms with Gasteiger partial charge in [0.2, 0.25) is 0 Å². The summed E-state index contributed by atoms with van der Waals surface area (Å²) in [6.45, 7) is 5.54. The van der Waals surface area contributed by atoms with E-state index < -0.39 is 0 Å². The van der Waals surface area contributed by atoms with Crippen LogP contribution in [0.2, 0.25) is 0 Å². The van der Waals surface area contributed by atoms with Crippen molar-refractivity contribution < 1.29 is 4.74 Å². The minimum Gasteiger partial charge on any atom is -0.493 e. The lowest BCUT2D eigenvalue weighted by Gasteiger charge is -2.20. The molecule has 2 fully saturated rings. The maximum Gasteiger partial charge on any atom is 0.119 e. The molecule has 0 unspecified atom stereocenters. The number of benzene rings is 2. The van der Waals surface area contributed by atoms with E-state index in [0.29, 0.717) is 0 Å². The van der Waals surface area contributed by atoms with Crippen LogP contribution in [0.3, 0.4) is 0 Å². The van der Waals surface area contributed by atoms with Crippen LogP contribution < -0.4 is 4.74 Å². The Balaban J connectivity index is 1.25. The maximum atomic E-state index is 5.89. The second-order valence-electron chi connectivity index (χ2n) is 7.52. The van der Waals surface area contributed by atoms with E-state index >= 15 is 0 Å². The van der Waals surface area contributed by atoms with Crippen molar-refractivity contribution in [2.75, 3.05) is 33.3 Å². The Labute approximate surface area is 151 Å². The minimum absolute atomic E-state index is 0.727. The molecule has 25 heavy (non-hydrogen) atoms. The van der Waals surface area contributed by atoms with Crippen molar-refractivity contribution in [2.24, 2.45) is 5.92 Å². The second-order valence-corrected chi connectivity index (χ2v) is 7.52. The fraction of sp³-hybridized carbons (Fsp3) is 0.455. The second kappa shape index (κ2) is 7.59. The summed E-state index contributed by atoms with van der Waals surface area (Å²) in [5.41, 5.74) is 2.71. The van der Waals surface area contributed by atoms with Crippen molar-refractivity contribution in [1.29, 1.82) is 0 Å². The lowest BCUT2D eigenvalue weighted by atomic mass is 10.1. The molecule has 0 bridgehead atoms. The zero-order valence-electron chi connectivity index (χ0n) is 15.1. The first-order chi connectivity index (χ1) is 12.3. The van der Waals surface area contributed by atoms with Gasteiger partial charge >= 0.3 is 0 Å². The highest BCUT2D eigenvalue weighted by Crippen LogP contribution is 2.31. The third kappa shape index (κ3) is 4.05. The SMILES string of the molecule is CN1CC[C@H]2CN(Cc3ccc(OCCc4ccccc4)cc3)C[C@H]21. The molecule has 3 nitrogen and oxygen atoms in total. The van der Waals surface area contributed by atoms with E-state index in [-0.39, 0.29) is 0 Å². The average molecular weight is 336 g/mol. The maximum absolute atomic E-state index is 5.89. The smallest absolute Gasteiger partial charge is 0.119 e. The van der Waals surface area contributed by atoms with Crippen LogP contribution >= 0.6 is 0 Å². The van der Waals surface area contributed by atoms with Gasteiger partial charge in [-0.3, -0.25) is 4.90 Å². The molecule has 0 radical (unpaired) electrons. The highest BCUT2D eigenvalue weighted by molar-refractivity contribution is 5.27. The van der Waals surface area contributed by atoms with Crippen molar-refractivity contribution in [1.82, 2.24) is 9.80 Å². The molecular weight excluding hydrogens is 308 g/mol. The zero-order chi connectivity index (χ0) is 17.1. The van der Waals surface area contributed by atoms with E-state index in [2.05, 4.69) is 71.4 Å². The minimum atomic E-state index is 0.727. The Morgan fingerprint density at radius 2 is 1.76 bits per heavy atom. The number of rotatable bonds is 6. The Morgan fingerprint density at radius 1 is 0.960 bits per heavy atom. The summed E-state index contributed by atoms with van der Waals surface area (Å²) in [7, 11) is 2.27. The Hall–Kier alpha value is -1.84. The summed E-state index contributed by atoms with van der Waals surface area (Å²) in [6, 6.07) is 19.9. The van der Waals surface area contributed by atoms with Gasteiger partial charge in [0.25, 0.3) is 0 Å². The first-order valence-corrected chi connectivity index (χ1v) is 9.46. The lowest BCUT2D eigenvalue weighted by Crippen LogP contribution is -2.31. The third-order valence-corrected chi connectivity index (χ3v) is 5.73. The summed E-state index contributed by atoms with van der Waals surface area (Å²) in [4.78, 5) is 5.14. The van der Waals surface area contributed by atoms with E-state index in [9.17, 15) is 0 Å². The van der Waals surface area contributed by atoms with Gasteiger partial charge in [0, 0.05) is 32.1 Å². The first kappa shape index (κ1) is 16.6. The van der Waals surface area contributed by atoms with E-state index in [4.69, 9.17) is 4.74 Å². The van der Waals surface area contributed by atoms with Crippen molar-refractivity contribution in [2.45, 2.75) is 25.4 Å². The Bertz CT molecular complexity index is 670. The van der Waals surface area contributed by atoms with Gasteiger partial charge in [0.1, 0.15) is 5.75 Å². The molecule has 0 amide bonds. The van der Waals surface area contributed by atoms with Gasteiger partial charge in [-0.05, 0) is 49.2 Å². The third-order valence-electron chi connectivity index (χ3n) is 5.73. The molecule has 2 saturated heterocycles. The monoisotopic (exact) mass is 336 g/mol. The molecule has 0 aliphatic carbocycles. The Kier molecular flexibility index (Phi) is 5.04. The van der Waals surface area contributed by atoms with E-state index in [1.165, 1.54) is 37.2 Å². The molecule has 3 heteroatoms. The fourth-order valence-electron chi connectivity index (χ4n) is 4.27. The van der Waals surface area contributed by atoms with Gasteiger partial charge in [-0.25, -0.2) is 0 Å². The van der Waals surface area contributed by atoms with Crippen molar-refractivity contribution in [3.63, 3.8) is 0 Å². The van der Waals surface area contributed by atoms with Gasteiger partial charge in [0.05, 0.1) is 6.61 Å². The van der Waals surface area contributed by atoms with Crippen LogP contribution in [-0.2, 0) is 13.0 Å². The molecule has 0 N–H and O–H groups in total. The van der Waals surface area contributed by atoms with Crippen LogP contribution in [0.25, 0.3) is 0 Å². The van der Waals surface area contributed by atoms with E-state index in [1.54, 1.807) is 0 Å². The molecule has 2 aromatic rings. The summed E-state index contributed by atoms with van der Waals surface area (Å²) < 4.78 is 5.89. The summed E-state index contributed by atoms with van der Waals surface area (Å²) in [5, 5.41) is 0. The topological polar surface area (TPSA) is 15.7 Å². The fourth-order valence-corrected chi connectivity index (χ4v) is 4.27. The van der Waals surface area contributed by atoms with Crippen molar-refractivity contribution in [3.8, 4) is 5.75 Å². The largest absolute Gasteiger partial charge is 0.493 e. The van der Waals surface area contributed by atoms with Gasteiger partial charge in [-0.2, -0.15) is 0 Å². The average Bonchev–Trinajstić information content (AvgIpc) is 3.19. The zero-order valence-corrected chi connectivity index (χ0v) is 15.1. The number of nitrogens with zero attached hydrogens (tertiary/aromatic N) is 2. The van der Waals surface area contributed by atoms with Gasteiger partial charge in [-0.1, -0.05) is 42.5 Å². The summed E-state index contributed by atoms with van der Waals surface area (Å²) in [5.74, 6) is 1.85. The molecule has 0 spiro atoms. The lowest BCUT2D eigenvalue weighted by molar-refractivity contribution is 0.255. The summed E-state index contributed by atoms with van der Waals surface area (Å²) >= 11 is 0. The molecule has 0 aromatic heterocycles. The Morgan fingerprint density at radius 3 is 2.52 bits per heavy atom. The number of ether oxygens (including phenoxy) is 1. The van der Waals surface area contributed by atoms with Gasteiger partial charge < -0.3 is 9.64 Å². The molecule has 2 aliphatic heterocycles. The van der Waals surface area contributed by atoms with E-state index in [1.807, 2.05) is 0 Å². The highest BCUT2D eigenvalue weighted by atomic mass is 16.5. The van der Waals surface area contributed by atoms with Gasteiger partial charge in [0.15, 0.2) is 0 Å². The predicted molar refractivity (Wildman–Crippen MR) is 102 cm³/mol. The highest BCUT2D eigenvalue weighted by Gasteiger charge is 2.39. The molecular formula is C22H28N2O. The van der Waals surface area contributed by atoms with Gasteiger partial charge in [-0.15, -0.1) is 0 Å². The molecule has 0 saturated carbocycles. The molecule has 2 heterocycles. The number of hydrogen-bond acceptors (Lipinski definition) is 3. The summed E-state index contributed by atoms with van der Waals surface area (Å²) in [6.07, 6.45) is 2.32. The van der Waals surface area contributed by atoms with Crippen molar-refractivity contribution >= 4 is 0 Å². The molecule has 2 atom stereocenters. The van der Waals surface area contributed by atoms with Crippen LogP contribution in [0.5, 0.6) is 5.75 Å². The standard InChI is InChI=1S/C22H28N2O/c1-23-13-11-20-16-24(17-22(20)23)15-19-7-9-21(10-8-19)25-14-12-18-5-3-2-4-6-18/h2-10,20,22H,11-17H2,1H3/t20-,22+/m0/s1. The predicted octanol–water partition coefficient (Wildman–Crippen LogP) is 3.44. The number of fused-ring (bicyclic) bond motifs is 1. The molecule has 4 rings (SSSR count). The quantitative estimate of drug-likeness (QED) is 0.804. The molecule has 2 aliphatic rings. The van der Waals surface area contributed by atoms with E-state index in [0.717, 1.165) is 37.3 Å². The first-order valence-electron chi connectivity index (χ1n) is 9.46. The van der Waals surface area contributed by atoms with Crippen LogP contribution in [0.4, 0.5) is 0 Å². The number of hydrogen-bond donors (Lipinski definition) is 0.